The summed E-state index contributed by atoms with van der Waals surface area (Å²) < 4.78 is 0. The van der Waals surface area contributed by atoms with Gasteiger partial charge in [-0.05, 0) is 48.8 Å². The van der Waals surface area contributed by atoms with Crippen LogP contribution in [0.4, 0.5) is 0 Å². The Balaban J connectivity index is 1.85. The Kier molecular flexibility index (Phi) is 7.32. The Morgan fingerprint density at radius 3 is 2.16 bits per heavy atom. The van der Waals surface area contributed by atoms with Gasteiger partial charge in [0.15, 0.2) is 17.2 Å². The Hall–Kier alpha value is -4.04. The van der Waals surface area contributed by atoms with Crippen molar-refractivity contribution in [2.45, 2.75) is 72.8 Å². The summed E-state index contributed by atoms with van der Waals surface area (Å²) >= 11 is 0. The molecule has 8 nitrogen and oxygen atoms in total. The summed E-state index contributed by atoms with van der Waals surface area (Å²) in [4.78, 5) is 55.6. The van der Waals surface area contributed by atoms with Crippen LogP contribution in [-0.2, 0) is 25.6 Å². The number of phenolic OH excluding ortho intramolecular Hbond substituents is 1. The molecule has 0 spiro atoms. The fraction of sp³-hybridized carbons (Fsp3) is 0.444. The predicted octanol–water partition coefficient (Wildman–Crippen LogP) is 5.49. The van der Waals surface area contributed by atoms with Crippen molar-refractivity contribution in [1.82, 2.24) is 0 Å². The molecule has 4 N–H and O–H groups in total. The number of aliphatic hydroxyl groups excluding tert-OH is 2. The molecule has 2 aromatic rings. The lowest BCUT2D eigenvalue weighted by Crippen LogP contribution is -2.73. The molecule has 0 radical (unpaired) electrons. The first kappa shape index (κ1) is 31.4. The Labute approximate surface area is 257 Å². The van der Waals surface area contributed by atoms with Gasteiger partial charge >= 0.3 is 0 Å². The molecule has 0 saturated heterocycles. The second-order valence-electron chi connectivity index (χ2n) is 13.6. The zero-order chi connectivity index (χ0) is 32.7. The fourth-order valence-corrected chi connectivity index (χ4v) is 8.75. The van der Waals surface area contributed by atoms with E-state index in [4.69, 9.17) is 0 Å². The van der Waals surface area contributed by atoms with Gasteiger partial charge in [-0.15, -0.1) is 0 Å². The fourth-order valence-electron chi connectivity index (χ4n) is 8.75. The molecule has 0 bridgehead atoms. The quantitative estimate of drug-likeness (QED) is 0.318. The van der Waals surface area contributed by atoms with Crippen molar-refractivity contribution in [3.63, 3.8) is 0 Å². The predicted molar refractivity (Wildman–Crippen MR) is 164 cm³/mol. The highest BCUT2D eigenvalue weighted by Crippen LogP contribution is 2.71. The topological polar surface area (TPSA) is 149 Å². The Morgan fingerprint density at radius 2 is 1.59 bits per heavy atom. The third kappa shape index (κ3) is 3.92. The molecule has 6 atom stereocenters. The minimum atomic E-state index is -2.82. The van der Waals surface area contributed by atoms with Crippen molar-refractivity contribution in [3.05, 3.63) is 81.6 Å². The third-order valence-electron chi connectivity index (χ3n) is 11.0. The molecule has 5 rings (SSSR count). The number of hydrogen-bond acceptors (Lipinski definition) is 8. The number of allylic oxidation sites excluding steroid dienone is 1. The van der Waals surface area contributed by atoms with Crippen LogP contribution < -0.4 is 0 Å². The molecule has 1 unspecified atom stereocenters. The van der Waals surface area contributed by atoms with Crippen molar-refractivity contribution in [1.29, 1.82) is 0 Å². The molecule has 2 aromatic carbocycles. The molecule has 44 heavy (non-hydrogen) atoms. The van der Waals surface area contributed by atoms with E-state index in [9.17, 15) is 39.6 Å². The normalized spacial score (nSPS) is 31.5. The maximum atomic E-state index is 14.8. The second kappa shape index (κ2) is 10.3. The molecule has 8 heteroatoms. The van der Waals surface area contributed by atoms with Crippen molar-refractivity contribution in [2.75, 3.05) is 0 Å². The molecular weight excluding hydrogens is 560 g/mol. The maximum Gasteiger partial charge on any atom is 0.203 e. The van der Waals surface area contributed by atoms with E-state index in [0.29, 0.717) is 5.56 Å². The summed E-state index contributed by atoms with van der Waals surface area (Å²) in [7, 11) is 0. The lowest BCUT2D eigenvalue weighted by Gasteiger charge is -2.65. The van der Waals surface area contributed by atoms with Gasteiger partial charge in [0.25, 0.3) is 0 Å². The molecular formula is C36H40O8. The summed E-state index contributed by atoms with van der Waals surface area (Å²) in [6.07, 6.45) is -0.155. The number of aliphatic hydroxyl groups is 3. The van der Waals surface area contributed by atoms with E-state index in [1.54, 1.807) is 39.8 Å². The lowest BCUT2D eigenvalue weighted by atomic mass is 9.37. The van der Waals surface area contributed by atoms with Crippen molar-refractivity contribution in [2.24, 2.45) is 28.6 Å². The molecule has 0 amide bonds. The SMILES string of the molecule is CC(=O)C1=C(O)[C@]2(O)C(=O)C3=C(O)c4c(O)cccc4[C@@H](C)[C@]3(C)[C@@H](CC(=O)Cc3ccc(C)cc3)[C@]2(C)C(C(C)C)C1=O. The van der Waals surface area contributed by atoms with Gasteiger partial charge in [-0.2, -0.15) is 0 Å². The van der Waals surface area contributed by atoms with Crippen molar-refractivity contribution < 1.29 is 39.6 Å². The molecule has 0 heterocycles. The van der Waals surface area contributed by atoms with Crippen LogP contribution in [0.25, 0.3) is 5.76 Å². The molecule has 0 aliphatic heterocycles. The first-order valence-electron chi connectivity index (χ1n) is 15.0. The number of aromatic hydroxyl groups is 1. The zero-order valence-electron chi connectivity index (χ0n) is 26.2. The van der Waals surface area contributed by atoms with Gasteiger partial charge in [-0.25, -0.2) is 0 Å². The van der Waals surface area contributed by atoms with Crippen LogP contribution >= 0.6 is 0 Å². The average Bonchev–Trinajstić information content (AvgIpc) is 2.93. The van der Waals surface area contributed by atoms with Crippen molar-refractivity contribution >= 4 is 28.9 Å². The van der Waals surface area contributed by atoms with E-state index >= 15 is 0 Å². The summed E-state index contributed by atoms with van der Waals surface area (Å²) in [6.45, 7) is 11.6. The number of ketones is 4. The first-order chi connectivity index (χ1) is 20.4. The highest BCUT2D eigenvalue weighted by atomic mass is 16.3. The number of rotatable bonds is 6. The highest BCUT2D eigenvalue weighted by molar-refractivity contribution is 6.24. The smallest absolute Gasteiger partial charge is 0.203 e. The summed E-state index contributed by atoms with van der Waals surface area (Å²) in [5, 5.41) is 46.8. The number of carbonyl (C=O) groups is 4. The molecule has 3 aliphatic rings. The zero-order valence-corrected chi connectivity index (χ0v) is 26.2. The van der Waals surface area contributed by atoms with Gasteiger partial charge in [0, 0.05) is 35.2 Å². The average molecular weight is 601 g/mol. The second-order valence-corrected chi connectivity index (χ2v) is 13.6. The van der Waals surface area contributed by atoms with Crippen LogP contribution in [0.3, 0.4) is 0 Å². The minimum absolute atomic E-state index is 0.0281. The monoisotopic (exact) mass is 600 g/mol. The largest absolute Gasteiger partial charge is 0.508 e. The molecule has 1 saturated carbocycles. The number of hydrogen-bond donors (Lipinski definition) is 4. The highest BCUT2D eigenvalue weighted by Gasteiger charge is 2.76. The third-order valence-corrected chi connectivity index (χ3v) is 11.0. The number of fused-ring (bicyclic) bond motifs is 3. The maximum absolute atomic E-state index is 14.8. The van der Waals surface area contributed by atoms with Gasteiger partial charge in [0.05, 0.1) is 5.56 Å². The Bertz CT molecular complexity index is 1680. The van der Waals surface area contributed by atoms with Gasteiger partial charge in [-0.1, -0.05) is 76.6 Å². The van der Waals surface area contributed by atoms with Crippen LogP contribution in [0.15, 0.2) is 59.4 Å². The van der Waals surface area contributed by atoms with Crippen LogP contribution in [-0.4, -0.2) is 49.2 Å². The minimum Gasteiger partial charge on any atom is -0.508 e. The van der Waals surface area contributed by atoms with E-state index in [1.165, 1.54) is 6.07 Å². The molecule has 0 aromatic heterocycles. The van der Waals surface area contributed by atoms with Crippen LogP contribution in [0.1, 0.15) is 76.1 Å². The number of carbonyl (C=O) groups excluding carboxylic acids is 4. The number of Topliss-reactive ketones (excluding diaryl/α,β-unsaturated/α-hetero) is 4. The lowest BCUT2D eigenvalue weighted by molar-refractivity contribution is -0.199. The number of aryl methyl sites for hydroxylation is 1. The van der Waals surface area contributed by atoms with Crippen molar-refractivity contribution in [3.8, 4) is 5.75 Å². The van der Waals surface area contributed by atoms with E-state index in [1.807, 2.05) is 38.1 Å². The van der Waals surface area contributed by atoms with E-state index < -0.39 is 74.5 Å². The molecule has 3 aliphatic carbocycles. The van der Waals surface area contributed by atoms with Crippen LogP contribution in [0.2, 0.25) is 0 Å². The first-order valence-corrected chi connectivity index (χ1v) is 15.0. The van der Waals surface area contributed by atoms with E-state index in [0.717, 1.165) is 18.1 Å². The van der Waals surface area contributed by atoms with Crippen LogP contribution in [0.5, 0.6) is 5.75 Å². The van der Waals surface area contributed by atoms with E-state index in [-0.39, 0.29) is 35.5 Å². The summed E-state index contributed by atoms with van der Waals surface area (Å²) in [5.41, 5.74) is -4.48. The molecule has 1 fully saturated rings. The Morgan fingerprint density at radius 1 is 0.977 bits per heavy atom. The van der Waals surface area contributed by atoms with Crippen LogP contribution in [0, 0.1) is 35.5 Å². The number of benzene rings is 2. The summed E-state index contributed by atoms with van der Waals surface area (Å²) in [6, 6.07) is 12.2. The standard InChI is InChI=1S/C36H40O8/c1-17(2)28-30(40)26(20(5)37)32(42)36(44)33(43)29-31(41)27-23(9-8-10-24(27)39)19(4)34(29,6)25(35(28,36)7)16-22(38)15-21-13-11-18(3)12-14-21/h8-14,17,19,25,28,39,41-42,44H,15-16H2,1-7H3/t19-,25-,28?,34-,35-,36+/m1/s1. The van der Waals surface area contributed by atoms with Gasteiger partial charge in [0.2, 0.25) is 5.78 Å². The summed E-state index contributed by atoms with van der Waals surface area (Å²) in [5.74, 6) is -7.89. The van der Waals surface area contributed by atoms with E-state index in [2.05, 4.69) is 0 Å². The number of phenols is 1. The van der Waals surface area contributed by atoms with Gasteiger partial charge < -0.3 is 20.4 Å². The molecule has 232 valence electrons. The van der Waals surface area contributed by atoms with Gasteiger partial charge in [-0.3, -0.25) is 19.2 Å². The van der Waals surface area contributed by atoms with Gasteiger partial charge in [0.1, 0.15) is 28.6 Å².